The average molecular weight is 1340 g/mol. The third kappa shape index (κ3) is 37.5. The zero-order valence-corrected chi connectivity index (χ0v) is 57.9. The molecule has 0 spiro atoms. The van der Waals surface area contributed by atoms with Crippen molar-refractivity contribution in [1.82, 2.24) is 5.32 Å². The molecule has 546 valence electrons. The molecule has 3 saturated heterocycles. The second-order valence-corrected chi connectivity index (χ2v) is 25.7. The molecule has 19 nitrogen and oxygen atoms in total. The first-order valence-corrected chi connectivity index (χ1v) is 36.6. The van der Waals surface area contributed by atoms with Crippen LogP contribution in [0.1, 0.15) is 232 Å². The van der Waals surface area contributed by atoms with Crippen molar-refractivity contribution < 1.29 is 89.4 Å². The average Bonchev–Trinajstić information content (AvgIpc) is 0.791. The molecular formula is C76H129NO18. The number of unbranched alkanes of at least 4 members (excludes halogenated alkanes) is 23. The van der Waals surface area contributed by atoms with Gasteiger partial charge in [-0.2, -0.15) is 0 Å². The number of nitrogens with one attached hydrogen (secondary N) is 1. The van der Waals surface area contributed by atoms with Gasteiger partial charge in [0.25, 0.3) is 0 Å². The Morgan fingerprint density at radius 1 is 0.389 bits per heavy atom. The molecule has 3 heterocycles. The summed E-state index contributed by atoms with van der Waals surface area (Å²) in [5.74, 6) is -0.290. The van der Waals surface area contributed by atoms with E-state index < -0.39 is 124 Å². The van der Waals surface area contributed by atoms with Crippen LogP contribution in [-0.4, -0.2) is 193 Å². The van der Waals surface area contributed by atoms with Crippen molar-refractivity contribution in [3.63, 3.8) is 0 Å². The standard InChI is InChI=1S/C76H129NO18/c1-3-5-7-9-11-13-15-17-18-19-20-21-22-23-24-25-26-27-28-29-30-31-32-33-34-35-36-37-38-39-40-42-44-46-48-50-52-54-64(82)77-59(60(81)53-51-49-47-45-43-41-16-14-12-10-8-6-4-2)58-90-74-70(88)67(85)72(62(56-79)92-74)95-76-71(89)68(86)73(63(57-80)93-76)94-75-69(87)66(84)65(83)61(55-78)91-75/h5,7,11,13,17-18,20-21,23-24,26-27,29-30,43,45,51,53,59-63,65-76,78-81,83-89H,3-4,6,8-10,12,14-16,19,22,25,28,31-42,44,46-50,52,54-58H2,1-2H3,(H,77,82)/b7-5-,13-11-,18-17-,21-20-,24-23-,27-26-,30-29-,45-43+,53-51+. The monoisotopic (exact) mass is 1340 g/mol. The maximum absolute atomic E-state index is 13.4. The third-order valence-electron chi connectivity index (χ3n) is 17.6. The number of carbonyl (C=O) groups excluding carboxylic acids is 1. The van der Waals surface area contributed by atoms with Crippen molar-refractivity contribution in [1.29, 1.82) is 0 Å². The molecule has 17 unspecified atom stereocenters. The molecule has 12 N–H and O–H groups in total. The molecule has 19 heteroatoms. The highest BCUT2D eigenvalue weighted by atomic mass is 16.8. The second kappa shape index (κ2) is 56.2. The molecule has 0 radical (unpaired) electrons. The normalized spacial score (nSPS) is 27.9. The molecule has 0 aromatic rings. The van der Waals surface area contributed by atoms with Crippen LogP contribution in [0.25, 0.3) is 0 Å². The van der Waals surface area contributed by atoms with Crippen LogP contribution in [0.4, 0.5) is 0 Å². The van der Waals surface area contributed by atoms with Gasteiger partial charge in [0, 0.05) is 6.42 Å². The maximum atomic E-state index is 13.4. The zero-order chi connectivity index (χ0) is 68.9. The summed E-state index contributed by atoms with van der Waals surface area (Å²) in [4.78, 5) is 13.4. The number of ether oxygens (including phenoxy) is 6. The molecule has 17 atom stereocenters. The van der Waals surface area contributed by atoms with Crippen molar-refractivity contribution in [2.45, 2.75) is 336 Å². The Kier molecular flexibility index (Phi) is 50.7. The van der Waals surface area contributed by atoms with Gasteiger partial charge in [0.05, 0.1) is 38.6 Å². The van der Waals surface area contributed by atoms with Crippen LogP contribution in [0.15, 0.2) is 109 Å². The van der Waals surface area contributed by atoms with Gasteiger partial charge in [-0.25, -0.2) is 0 Å². The Hall–Kier alpha value is -3.55. The van der Waals surface area contributed by atoms with Crippen LogP contribution in [0.5, 0.6) is 0 Å². The molecule has 95 heavy (non-hydrogen) atoms. The van der Waals surface area contributed by atoms with E-state index in [1.165, 1.54) is 109 Å². The van der Waals surface area contributed by atoms with Crippen molar-refractivity contribution in [3.8, 4) is 0 Å². The molecule has 0 saturated carbocycles. The summed E-state index contributed by atoms with van der Waals surface area (Å²) < 4.78 is 34.3. The largest absolute Gasteiger partial charge is 0.394 e. The van der Waals surface area contributed by atoms with Gasteiger partial charge >= 0.3 is 0 Å². The van der Waals surface area contributed by atoms with E-state index in [1.807, 2.05) is 6.08 Å². The van der Waals surface area contributed by atoms with Gasteiger partial charge in [0.1, 0.15) is 73.2 Å². The predicted octanol–water partition coefficient (Wildman–Crippen LogP) is 10.6. The van der Waals surface area contributed by atoms with Crippen LogP contribution in [0.3, 0.4) is 0 Å². The Morgan fingerprint density at radius 2 is 0.737 bits per heavy atom. The van der Waals surface area contributed by atoms with E-state index in [-0.39, 0.29) is 18.9 Å². The van der Waals surface area contributed by atoms with E-state index in [0.717, 1.165) is 89.9 Å². The summed E-state index contributed by atoms with van der Waals surface area (Å²) in [6.45, 7) is 1.57. The van der Waals surface area contributed by atoms with Gasteiger partial charge in [0.2, 0.25) is 5.91 Å². The molecular weight excluding hydrogens is 1210 g/mol. The fraction of sp³-hybridized carbons (Fsp3) is 0.750. The van der Waals surface area contributed by atoms with Crippen molar-refractivity contribution >= 4 is 5.91 Å². The van der Waals surface area contributed by atoms with E-state index in [2.05, 4.69) is 116 Å². The minimum atomic E-state index is -1.98. The van der Waals surface area contributed by atoms with Gasteiger partial charge in [-0.05, 0) is 89.9 Å². The van der Waals surface area contributed by atoms with Crippen molar-refractivity contribution in [2.24, 2.45) is 0 Å². The lowest BCUT2D eigenvalue weighted by Crippen LogP contribution is -2.66. The van der Waals surface area contributed by atoms with Crippen LogP contribution in [0, 0.1) is 0 Å². The van der Waals surface area contributed by atoms with Crippen LogP contribution < -0.4 is 5.32 Å². The molecule has 1 amide bonds. The first kappa shape index (κ1) is 85.7. The fourth-order valence-electron chi connectivity index (χ4n) is 11.7. The Labute approximate surface area is 570 Å². The summed E-state index contributed by atoms with van der Waals surface area (Å²) in [5, 5.41) is 120. The van der Waals surface area contributed by atoms with Gasteiger partial charge < -0.3 is 89.9 Å². The summed E-state index contributed by atoms with van der Waals surface area (Å²) in [5.41, 5.74) is 0. The number of aliphatic hydroxyl groups excluding tert-OH is 11. The summed E-state index contributed by atoms with van der Waals surface area (Å²) in [7, 11) is 0. The Morgan fingerprint density at radius 3 is 1.18 bits per heavy atom. The number of aliphatic hydroxyl groups is 11. The molecule has 3 rings (SSSR count). The number of allylic oxidation sites excluding steroid dienone is 17. The number of amides is 1. The summed E-state index contributed by atoms with van der Waals surface area (Å²) >= 11 is 0. The number of hydrogen-bond donors (Lipinski definition) is 12. The van der Waals surface area contributed by atoms with Crippen LogP contribution in [0.2, 0.25) is 0 Å². The molecule has 3 aliphatic heterocycles. The summed E-state index contributed by atoms with van der Waals surface area (Å²) in [6.07, 6.45) is 49.4. The fourth-order valence-corrected chi connectivity index (χ4v) is 11.7. The number of rotatable bonds is 55. The lowest BCUT2D eigenvalue weighted by molar-refractivity contribution is -0.379. The summed E-state index contributed by atoms with van der Waals surface area (Å²) in [6, 6.07) is -0.995. The highest BCUT2D eigenvalue weighted by Crippen LogP contribution is 2.33. The van der Waals surface area contributed by atoms with E-state index in [1.54, 1.807) is 6.08 Å². The molecule has 0 aliphatic carbocycles. The first-order valence-electron chi connectivity index (χ1n) is 36.6. The van der Waals surface area contributed by atoms with Gasteiger partial charge in [-0.3, -0.25) is 4.79 Å². The second-order valence-electron chi connectivity index (χ2n) is 25.7. The number of carbonyl (C=O) groups is 1. The Bertz CT molecular complexity index is 2140. The smallest absolute Gasteiger partial charge is 0.220 e. The third-order valence-corrected chi connectivity index (χ3v) is 17.6. The quantitative estimate of drug-likeness (QED) is 0.0199. The van der Waals surface area contributed by atoms with Crippen molar-refractivity contribution in [3.05, 3.63) is 109 Å². The molecule has 0 aromatic heterocycles. The lowest BCUT2D eigenvalue weighted by Gasteiger charge is -2.48. The van der Waals surface area contributed by atoms with E-state index >= 15 is 0 Å². The molecule has 0 bridgehead atoms. The van der Waals surface area contributed by atoms with E-state index in [0.29, 0.717) is 12.8 Å². The van der Waals surface area contributed by atoms with Gasteiger partial charge in [-0.15, -0.1) is 0 Å². The zero-order valence-electron chi connectivity index (χ0n) is 57.9. The number of hydrogen-bond acceptors (Lipinski definition) is 18. The SMILES string of the molecule is CC/C=C\C/C=C\C/C=C\C/C=C\C/C=C\C/C=C\C/C=C\CCCCCCCCCCCCCCCCCC(=O)NC(COC1OC(CO)C(OC2OC(CO)C(OC3OC(CO)C(O)C(O)C3O)C(O)C2O)C(O)C1O)C(O)/C=C/CC/C=C/CCCCCCCCC. The first-order chi connectivity index (χ1) is 46.3. The predicted molar refractivity (Wildman–Crippen MR) is 374 cm³/mol. The molecule has 0 aromatic carbocycles. The lowest BCUT2D eigenvalue weighted by atomic mass is 9.96. The van der Waals surface area contributed by atoms with E-state index in [4.69, 9.17) is 28.4 Å². The van der Waals surface area contributed by atoms with Crippen LogP contribution >= 0.6 is 0 Å². The highest BCUT2D eigenvalue weighted by molar-refractivity contribution is 5.76. The van der Waals surface area contributed by atoms with E-state index in [9.17, 15) is 61.0 Å². The van der Waals surface area contributed by atoms with Gasteiger partial charge in [-0.1, -0.05) is 245 Å². The molecule has 3 fully saturated rings. The topological polar surface area (TPSA) is 307 Å². The van der Waals surface area contributed by atoms with Crippen molar-refractivity contribution in [2.75, 3.05) is 26.4 Å². The highest BCUT2D eigenvalue weighted by Gasteiger charge is 2.53. The van der Waals surface area contributed by atoms with Crippen LogP contribution in [-0.2, 0) is 33.2 Å². The minimum absolute atomic E-state index is 0.230. The maximum Gasteiger partial charge on any atom is 0.220 e. The minimum Gasteiger partial charge on any atom is -0.394 e. The van der Waals surface area contributed by atoms with Gasteiger partial charge in [0.15, 0.2) is 18.9 Å². The Balaban J connectivity index is 1.33. The molecule has 3 aliphatic rings.